The van der Waals surface area contributed by atoms with E-state index in [2.05, 4.69) is 20.7 Å². The number of nitrogens with one attached hydrogen (secondary N) is 2. The highest BCUT2D eigenvalue weighted by molar-refractivity contribution is 5.97. The Morgan fingerprint density at radius 2 is 1.88 bits per heavy atom. The number of piperazine rings is 1. The van der Waals surface area contributed by atoms with Gasteiger partial charge in [-0.05, 0) is 19.1 Å². The molecule has 0 aliphatic carbocycles. The van der Waals surface area contributed by atoms with E-state index in [0.29, 0.717) is 32.8 Å². The number of anilines is 2. The van der Waals surface area contributed by atoms with E-state index in [4.69, 9.17) is 4.74 Å². The Morgan fingerprint density at radius 1 is 1.19 bits per heavy atom. The maximum atomic E-state index is 13.8. The van der Waals surface area contributed by atoms with Crippen molar-refractivity contribution in [1.29, 1.82) is 0 Å². The molecule has 2 amide bonds. The van der Waals surface area contributed by atoms with Crippen LogP contribution in [0.4, 0.5) is 20.7 Å². The minimum Gasteiger partial charge on any atom is -0.450 e. The molecule has 2 N–H and O–H groups in total. The lowest BCUT2D eigenvalue weighted by Gasteiger charge is -2.33. The molecule has 1 aliphatic heterocycles. The molecule has 2 heterocycles. The largest absolute Gasteiger partial charge is 0.450 e. The SMILES string of the molecule is CCOC(=O)N1CCN(C(=O)c2n[nH]nc2Nc2ccccc2F)CC1. The number of rotatable bonds is 4. The number of amides is 2. The Kier molecular flexibility index (Phi) is 5.30. The van der Waals surface area contributed by atoms with E-state index in [0.717, 1.165) is 0 Å². The third-order valence-corrected chi connectivity index (χ3v) is 3.97. The molecule has 9 nitrogen and oxygen atoms in total. The summed E-state index contributed by atoms with van der Waals surface area (Å²) in [6.07, 6.45) is -0.386. The number of aromatic nitrogens is 3. The summed E-state index contributed by atoms with van der Waals surface area (Å²) in [5.41, 5.74) is 0.264. The summed E-state index contributed by atoms with van der Waals surface area (Å²) in [4.78, 5) is 27.5. The lowest BCUT2D eigenvalue weighted by atomic mass is 10.2. The smallest absolute Gasteiger partial charge is 0.409 e. The number of H-pyrrole nitrogens is 1. The summed E-state index contributed by atoms with van der Waals surface area (Å²) in [5.74, 6) is -0.661. The van der Waals surface area contributed by atoms with Crippen molar-refractivity contribution in [3.8, 4) is 0 Å². The average molecular weight is 362 g/mol. The van der Waals surface area contributed by atoms with E-state index < -0.39 is 5.82 Å². The molecule has 1 aromatic heterocycles. The van der Waals surface area contributed by atoms with Gasteiger partial charge in [0.1, 0.15) is 5.82 Å². The second kappa shape index (κ2) is 7.81. The third-order valence-electron chi connectivity index (χ3n) is 3.97. The molecule has 1 fully saturated rings. The number of carbonyl (C=O) groups is 2. The Morgan fingerprint density at radius 3 is 2.58 bits per heavy atom. The zero-order valence-electron chi connectivity index (χ0n) is 14.2. The van der Waals surface area contributed by atoms with Crippen molar-refractivity contribution >= 4 is 23.5 Å². The van der Waals surface area contributed by atoms with Gasteiger partial charge in [0, 0.05) is 26.2 Å². The number of ether oxygens (including phenoxy) is 1. The van der Waals surface area contributed by atoms with Gasteiger partial charge in [-0.15, -0.1) is 10.2 Å². The molecule has 0 bridgehead atoms. The number of para-hydroxylation sites is 1. The molecule has 0 atom stereocenters. The molecule has 0 unspecified atom stereocenters. The summed E-state index contributed by atoms with van der Waals surface area (Å²) >= 11 is 0. The highest BCUT2D eigenvalue weighted by Crippen LogP contribution is 2.21. The maximum Gasteiger partial charge on any atom is 0.409 e. The van der Waals surface area contributed by atoms with Crippen molar-refractivity contribution < 1.29 is 18.7 Å². The van der Waals surface area contributed by atoms with Crippen LogP contribution in [0.25, 0.3) is 0 Å². The lowest BCUT2D eigenvalue weighted by Crippen LogP contribution is -2.50. The highest BCUT2D eigenvalue weighted by Gasteiger charge is 2.28. The first-order valence-electron chi connectivity index (χ1n) is 8.23. The van der Waals surface area contributed by atoms with E-state index in [1.807, 2.05) is 0 Å². The van der Waals surface area contributed by atoms with E-state index >= 15 is 0 Å². The molecular formula is C16H19FN6O3. The van der Waals surface area contributed by atoms with E-state index in [-0.39, 0.29) is 29.2 Å². The topological polar surface area (TPSA) is 103 Å². The van der Waals surface area contributed by atoms with Gasteiger partial charge in [0.05, 0.1) is 12.3 Å². The van der Waals surface area contributed by atoms with Crippen LogP contribution >= 0.6 is 0 Å². The molecule has 0 saturated carbocycles. The number of hydrogen-bond acceptors (Lipinski definition) is 6. The first-order chi connectivity index (χ1) is 12.6. The monoisotopic (exact) mass is 362 g/mol. The number of halogens is 1. The maximum absolute atomic E-state index is 13.8. The molecule has 26 heavy (non-hydrogen) atoms. The minimum atomic E-state index is -0.461. The molecule has 1 aliphatic rings. The summed E-state index contributed by atoms with van der Waals surface area (Å²) in [6.45, 7) is 3.50. The fourth-order valence-electron chi connectivity index (χ4n) is 2.61. The van der Waals surface area contributed by atoms with Gasteiger partial charge in [-0.3, -0.25) is 4.79 Å². The lowest BCUT2D eigenvalue weighted by molar-refractivity contribution is 0.0566. The van der Waals surface area contributed by atoms with E-state index in [9.17, 15) is 14.0 Å². The van der Waals surface area contributed by atoms with Gasteiger partial charge in [-0.25, -0.2) is 9.18 Å². The normalized spacial score (nSPS) is 14.2. The first kappa shape index (κ1) is 17.6. The summed E-state index contributed by atoms with van der Waals surface area (Å²) in [6, 6.07) is 6.08. The number of nitrogens with zero attached hydrogens (tertiary/aromatic N) is 4. The van der Waals surface area contributed by atoms with Gasteiger partial charge in [0.2, 0.25) is 0 Å². The van der Waals surface area contributed by atoms with Crippen molar-refractivity contribution in [2.75, 3.05) is 38.1 Å². The fourth-order valence-corrected chi connectivity index (χ4v) is 2.61. The summed E-state index contributed by atoms with van der Waals surface area (Å²) < 4.78 is 18.7. The third kappa shape index (κ3) is 3.73. The van der Waals surface area contributed by atoms with Crippen molar-refractivity contribution in [2.45, 2.75) is 6.92 Å². The fraction of sp³-hybridized carbons (Fsp3) is 0.375. The second-order valence-electron chi connectivity index (χ2n) is 5.60. The highest BCUT2D eigenvalue weighted by atomic mass is 19.1. The van der Waals surface area contributed by atoms with Crippen molar-refractivity contribution in [3.63, 3.8) is 0 Å². The van der Waals surface area contributed by atoms with Crippen LogP contribution < -0.4 is 5.32 Å². The van der Waals surface area contributed by atoms with Crippen molar-refractivity contribution in [1.82, 2.24) is 25.2 Å². The van der Waals surface area contributed by atoms with Gasteiger partial charge < -0.3 is 19.9 Å². The molecule has 138 valence electrons. The predicted molar refractivity (Wildman–Crippen MR) is 90.6 cm³/mol. The van der Waals surface area contributed by atoms with Gasteiger partial charge in [-0.2, -0.15) is 5.21 Å². The number of aromatic amines is 1. The standard InChI is InChI=1S/C16H19FN6O3/c1-2-26-16(25)23-9-7-22(8-10-23)15(24)13-14(20-21-19-13)18-12-6-4-3-5-11(12)17/h3-6H,2,7-10H2,1H3,(H2,18,19,20,21). The Labute approximate surface area is 149 Å². The van der Waals surface area contributed by atoms with Crippen LogP contribution in [0.5, 0.6) is 0 Å². The van der Waals surface area contributed by atoms with Gasteiger partial charge >= 0.3 is 6.09 Å². The quantitative estimate of drug-likeness (QED) is 0.856. The van der Waals surface area contributed by atoms with Crippen LogP contribution in [0.3, 0.4) is 0 Å². The Bertz CT molecular complexity index is 788. The number of hydrogen-bond donors (Lipinski definition) is 2. The Hall–Kier alpha value is -3.17. The second-order valence-corrected chi connectivity index (χ2v) is 5.60. The van der Waals surface area contributed by atoms with Gasteiger partial charge in [0.25, 0.3) is 5.91 Å². The molecule has 10 heteroatoms. The zero-order valence-corrected chi connectivity index (χ0v) is 14.2. The Balaban J connectivity index is 1.66. The molecular weight excluding hydrogens is 343 g/mol. The van der Waals surface area contributed by atoms with E-state index in [1.165, 1.54) is 12.1 Å². The average Bonchev–Trinajstić information content (AvgIpc) is 3.11. The van der Waals surface area contributed by atoms with Crippen LogP contribution in [0, 0.1) is 5.82 Å². The summed E-state index contributed by atoms with van der Waals surface area (Å²) in [7, 11) is 0. The predicted octanol–water partition coefficient (Wildman–Crippen LogP) is 1.60. The van der Waals surface area contributed by atoms with Gasteiger partial charge in [-0.1, -0.05) is 12.1 Å². The van der Waals surface area contributed by atoms with Crippen LogP contribution in [-0.4, -0.2) is 70.0 Å². The van der Waals surface area contributed by atoms with Gasteiger partial charge in [0.15, 0.2) is 11.5 Å². The number of benzene rings is 1. The van der Waals surface area contributed by atoms with Crippen LogP contribution in [0.1, 0.15) is 17.4 Å². The first-order valence-corrected chi connectivity index (χ1v) is 8.23. The molecule has 1 saturated heterocycles. The molecule has 0 radical (unpaired) electrons. The van der Waals surface area contributed by atoms with Crippen LogP contribution in [0.15, 0.2) is 24.3 Å². The molecule has 0 spiro atoms. The minimum absolute atomic E-state index is 0.0674. The van der Waals surface area contributed by atoms with Crippen LogP contribution in [0.2, 0.25) is 0 Å². The summed E-state index contributed by atoms with van der Waals surface area (Å²) in [5, 5.41) is 12.9. The molecule has 2 aromatic rings. The molecule has 3 rings (SSSR count). The molecule has 1 aromatic carbocycles. The zero-order chi connectivity index (χ0) is 18.5. The van der Waals surface area contributed by atoms with E-state index in [1.54, 1.807) is 28.9 Å². The van der Waals surface area contributed by atoms with Crippen molar-refractivity contribution in [3.05, 3.63) is 35.8 Å². The number of carbonyl (C=O) groups excluding carboxylic acids is 2. The van der Waals surface area contributed by atoms with Crippen LogP contribution in [-0.2, 0) is 4.74 Å². The van der Waals surface area contributed by atoms with Crippen molar-refractivity contribution in [2.24, 2.45) is 0 Å².